The number of halogens is 1. The monoisotopic (exact) mass is 494 g/mol. The van der Waals surface area contributed by atoms with Crippen LogP contribution in [0.2, 0.25) is 0 Å². The van der Waals surface area contributed by atoms with E-state index in [4.69, 9.17) is 9.47 Å². The fourth-order valence-electron chi connectivity index (χ4n) is 4.52. The molecule has 1 aliphatic heterocycles. The minimum absolute atomic E-state index is 0.00359. The second kappa shape index (κ2) is 10.1. The molecule has 1 fully saturated rings. The van der Waals surface area contributed by atoms with Gasteiger partial charge in [0.1, 0.15) is 18.9 Å². The number of benzene rings is 2. The van der Waals surface area contributed by atoms with E-state index in [2.05, 4.69) is 0 Å². The zero-order chi connectivity index (χ0) is 24.4. The highest BCUT2D eigenvalue weighted by Gasteiger charge is 2.38. The van der Waals surface area contributed by atoms with E-state index < -0.39 is 5.82 Å². The molecule has 1 aromatic heterocycles. The molecule has 1 atom stereocenters. The zero-order valence-corrected chi connectivity index (χ0v) is 20.3. The maximum absolute atomic E-state index is 14.2. The number of hydrogen-bond acceptors (Lipinski definition) is 5. The molecule has 1 aliphatic carbocycles. The number of rotatable bonds is 8. The van der Waals surface area contributed by atoms with Crippen molar-refractivity contribution >= 4 is 23.2 Å². The molecule has 2 heterocycles. The lowest BCUT2D eigenvalue weighted by Gasteiger charge is -2.37. The van der Waals surface area contributed by atoms with Gasteiger partial charge in [-0.2, -0.15) is 0 Å². The van der Waals surface area contributed by atoms with Gasteiger partial charge in [-0.05, 0) is 66.6 Å². The maximum atomic E-state index is 14.2. The molecule has 1 saturated carbocycles. The Morgan fingerprint density at radius 1 is 1.14 bits per heavy atom. The predicted octanol–water partition coefficient (Wildman–Crippen LogP) is 4.71. The van der Waals surface area contributed by atoms with Gasteiger partial charge in [0.25, 0.3) is 5.91 Å². The van der Waals surface area contributed by atoms with E-state index in [9.17, 15) is 14.0 Å². The summed E-state index contributed by atoms with van der Waals surface area (Å²) in [5.74, 6) is 0.0224. The standard InChI is InChI=1S/C27H27FN2O4S/c1-33-20-6-4-5-18(15-20)27(32)30(19-9-10-19)16-26(31)29-13-11-25-21(12-14-35-25)23(29)17-34-24-8-3-2-7-22(24)28/h2-8,12,14-15,19,23H,9-11,13,16-17H2,1H3/t23-/m0/s1. The second-order valence-corrected chi connectivity index (χ2v) is 9.79. The Bertz CT molecular complexity index is 1230. The number of amides is 2. The summed E-state index contributed by atoms with van der Waals surface area (Å²) in [4.78, 5) is 31.6. The first-order valence-corrected chi connectivity index (χ1v) is 12.6. The summed E-state index contributed by atoms with van der Waals surface area (Å²) in [5, 5.41) is 2.01. The Kier molecular flexibility index (Phi) is 6.72. The maximum Gasteiger partial charge on any atom is 0.254 e. The van der Waals surface area contributed by atoms with Crippen molar-refractivity contribution in [2.24, 2.45) is 0 Å². The van der Waals surface area contributed by atoms with Crippen molar-refractivity contribution in [1.29, 1.82) is 0 Å². The number of hydrogen-bond donors (Lipinski definition) is 0. The SMILES string of the molecule is COc1cccc(C(=O)N(CC(=O)N2CCc3sccc3[C@@H]2COc2ccccc2F)C2CC2)c1. The van der Waals surface area contributed by atoms with Gasteiger partial charge >= 0.3 is 0 Å². The third-order valence-corrected chi connectivity index (χ3v) is 7.52. The lowest BCUT2D eigenvalue weighted by atomic mass is 10.0. The molecule has 0 N–H and O–H groups in total. The van der Waals surface area contributed by atoms with Crippen LogP contribution in [-0.4, -0.2) is 54.5 Å². The minimum Gasteiger partial charge on any atom is -0.497 e. The first-order chi connectivity index (χ1) is 17.0. The average molecular weight is 495 g/mol. The van der Waals surface area contributed by atoms with Gasteiger partial charge in [-0.15, -0.1) is 11.3 Å². The second-order valence-electron chi connectivity index (χ2n) is 8.79. The van der Waals surface area contributed by atoms with E-state index in [1.165, 1.54) is 10.9 Å². The zero-order valence-electron chi connectivity index (χ0n) is 19.5. The fraction of sp³-hybridized carbons (Fsp3) is 0.333. The lowest BCUT2D eigenvalue weighted by molar-refractivity contribution is -0.135. The summed E-state index contributed by atoms with van der Waals surface area (Å²) in [5.41, 5.74) is 1.53. The molecular weight excluding hydrogens is 467 g/mol. The summed E-state index contributed by atoms with van der Waals surface area (Å²) in [6, 6.07) is 15.0. The molecule has 2 aromatic carbocycles. The number of carbonyl (C=O) groups is 2. The average Bonchev–Trinajstić information content (AvgIpc) is 3.61. The van der Waals surface area contributed by atoms with Crippen molar-refractivity contribution in [2.75, 3.05) is 26.8 Å². The van der Waals surface area contributed by atoms with Crippen LogP contribution >= 0.6 is 11.3 Å². The van der Waals surface area contributed by atoms with Crippen molar-refractivity contribution in [3.05, 3.63) is 81.8 Å². The first kappa shape index (κ1) is 23.4. The highest BCUT2D eigenvalue weighted by molar-refractivity contribution is 7.10. The van der Waals surface area contributed by atoms with Crippen LogP contribution in [0.5, 0.6) is 11.5 Å². The number of carbonyl (C=O) groups excluding carboxylic acids is 2. The molecule has 2 amide bonds. The van der Waals surface area contributed by atoms with Crippen molar-refractivity contribution in [1.82, 2.24) is 9.80 Å². The van der Waals surface area contributed by atoms with Gasteiger partial charge in [0.05, 0.1) is 13.2 Å². The summed E-state index contributed by atoms with van der Waals surface area (Å²) >= 11 is 1.66. The van der Waals surface area contributed by atoms with Crippen LogP contribution in [0.3, 0.4) is 0 Å². The Labute approximate surface area is 207 Å². The number of thiophene rings is 1. The Morgan fingerprint density at radius 2 is 1.97 bits per heavy atom. The van der Waals surface area contributed by atoms with Crippen molar-refractivity contribution in [3.8, 4) is 11.5 Å². The molecule has 0 saturated heterocycles. The van der Waals surface area contributed by atoms with Crippen molar-refractivity contribution in [2.45, 2.75) is 31.3 Å². The Hall–Kier alpha value is -3.39. The molecule has 182 valence electrons. The quantitative estimate of drug-likeness (QED) is 0.455. The van der Waals surface area contributed by atoms with Gasteiger partial charge in [0.2, 0.25) is 5.91 Å². The van der Waals surface area contributed by atoms with E-state index in [-0.39, 0.29) is 42.8 Å². The van der Waals surface area contributed by atoms with Crippen LogP contribution in [0.4, 0.5) is 4.39 Å². The smallest absolute Gasteiger partial charge is 0.254 e. The predicted molar refractivity (Wildman–Crippen MR) is 131 cm³/mol. The molecule has 35 heavy (non-hydrogen) atoms. The molecule has 0 bridgehead atoms. The highest BCUT2D eigenvalue weighted by atomic mass is 32.1. The van der Waals surface area contributed by atoms with Crippen LogP contribution in [0.25, 0.3) is 0 Å². The van der Waals surface area contributed by atoms with Gasteiger partial charge in [0, 0.05) is 23.0 Å². The highest BCUT2D eigenvalue weighted by Crippen LogP contribution is 2.35. The van der Waals surface area contributed by atoms with Crippen LogP contribution in [0.15, 0.2) is 60.0 Å². The van der Waals surface area contributed by atoms with E-state index in [0.717, 1.165) is 24.8 Å². The summed E-state index contributed by atoms with van der Waals surface area (Å²) in [6.07, 6.45) is 2.52. The van der Waals surface area contributed by atoms with E-state index in [1.807, 2.05) is 11.4 Å². The molecular formula is C27H27FN2O4S. The number of methoxy groups -OCH3 is 1. The molecule has 5 rings (SSSR count). The van der Waals surface area contributed by atoms with E-state index >= 15 is 0 Å². The molecule has 8 heteroatoms. The third kappa shape index (κ3) is 5.03. The van der Waals surface area contributed by atoms with Gasteiger partial charge < -0.3 is 19.3 Å². The largest absolute Gasteiger partial charge is 0.497 e. The van der Waals surface area contributed by atoms with Crippen LogP contribution in [0, 0.1) is 5.82 Å². The topological polar surface area (TPSA) is 59.1 Å². The number of para-hydroxylation sites is 1. The van der Waals surface area contributed by atoms with Gasteiger partial charge in [0.15, 0.2) is 11.6 Å². The number of nitrogens with zero attached hydrogens (tertiary/aromatic N) is 2. The normalized spacial score (nSPS) is 17.0. The summed E-state index contributed by atoms with van der Waals surface area (Å²) in [6.45, 7) is 0.670. The van der Waals surface area contributed by atoms with Crippen molar-refractivity contribution in [3.63, 3.8) is 0 Å². The molecule has 6 nitrogen and oxygen atoms in total. The molecule has 3 aromatic rings. The Morgan fingerprint density at radius 3 is 2.74 bits per heavy atom. The van der Waals surface area contributed by atoms with Gasteiger partial charge in [-0.25, -0.2) is 4.39 Å². The molecule has 2 aliphatic rings. The number of fused-ring (bicyclic) bond motifs is 1. The molecule has 0 radical (unpaired) electrons. The van der Waals surface area contributed by atoms with E-state index in [0.29, 0.717) is 17.9 Å². The summed E-state index contributed by atoms with van der Waals surface area (Å²) < 4.78 is 25.2. The van der Waals surface area contributed by atoms with Gasteiger partial charge in [-0.1, -0.05) is 18.2 Å². The fourth-order valence-corrected chi connectivity index (χ4v) is 5.44. The first-order valence-electron chi connectivity index (χ1n) is 11.7. The molecule has 0 unspecified atom stereocenters. The number of ether oxygens (including phenoxy) is 2. The van der Waals surface area contributed by atoms with Crippen LogP contribution < -0.4 is 9.47 Å². The molecule has 0 spiro atoms. The van der Waals surface area contributed by atoms with Crippen LogP contribution in [0.1, 0.15) is 39.7 Å². The third-order valence-electron chi connectivity index (χ3n) is 6.52. The van der Waals surface area contributed by atoms with Crippen LogP contribution in [-0.2, 0) is 11.2 Å². The lowest BCUT2D eigenvalue weighted by Crippen LogP contribution is -2.48. The minimum atomic E-state index is -0.435. The Balaban J connectivity index is 1.35. The van der Waals surface area contributed by atoms with Crippen molar-refractivity contribution < 1.29 is 23.5 Å². The van der Waals surface area contributed by atoms with E-state index in [1.54, 1.807) is 70.7 Å². The summed E-state index contributed by atoms with van der Waals surface area (Å²) in [7, 11) is 1.56. The van der Waals surface area contributed by atoms with Gasteiger partial charge in [-0.3, -0.25) is 9.59 Å².